The SMILES string of the molecule is NC1=C2C3CC2CC(Nc2ncc(Cl)c(-c4cn(S(=O)(=O)c5ccccc5)c5ccccc45)n2)(C1)C3. The van der Waals surface area contributed by atoms with E-state index < -0.39 is 10.0 Å². The Morgan fingerprint density at radius 2 is 1.78 bits per heavy atom. The quantitative estimate of drug-likeness (QED) is 0.378. The second kappa shape index (κ2) is 7.57. The molecular formula is C27H24ClN5O2S. The summed E-state index contributed by atoms with van der Waals surface area (Å²) in [5.41, 5.74) is 10.4. The normalized spacial score (nSPS) is 24.7. The van der Waals surface area contributed by atoms with Crippen molar-refractivity contribution in [3.05, 3.63) is 83.3 Å². The van der Waals surface area contributed by atoms with Crippen molar-refractivity contribution in [3.63, 3.8) is 0 Å². The van der Waals surface area contributed by atoms with Gasteiger partial charge in [-0.15, -0.1) is 0 Å². The highest BCUT2D eigenvalue weighted by Gasteiger charge is 2.55. The van der Waals surface area contributed by atoms with Crippen LogP contribution in [0.3, 0.4) is 0 Å². The molecule has 0 radical (unpaired) electrons. The molecule has 2 aromatic heterocycles. The lowest BCUT2D eigenvalue weighted by atomic mass is 9.50. The lowest BCUT2D eigenvalue weighted by molar-refractivity contribution is 0.108. The number of fused-ring (bicyclic) bond motifs is 2. The highest BCUT2D eigenvalue weighted by molar-refractivity contribution is 7.90. The van der Waals surface area contributed by atoms with E-state index in [1.165, 1.54) is 16.0 Å². The zero-order valence-corrected chi connectivity index (χ0v) is 20.9. The zero-order chi connectivity index (χ0) is 24.7. The molecule has 2 atom stereocenters. The molecule has 0 amide bonds. The predicted molar refractivity (Wildman–Crippen MR) is 140 cm³/mol. The topological polar surface area (TPSA) is 103 Å². The fraction of sp³-hybridized carbons (Fsp3) is 0.259. The summed E-state index contributed by atoms with van der Waals surface area (Å²) in [7, 11) is -3.82. The Morgan fingerprint density at radius 1 is 1.06 bits per heavy atom. The molecule has 4 aromatic rings. The standard InChI is InChI=1S/C27H24ClN5O2S/c28-21-14-30-26(32-27-11-16-10-17(12-27)24(16)22(29)13-27)31-25(21)20-15-33(23-9-5-4-8-19(20)23)36(34,35)18-6-2-1-3-7-18/h1-9,14-17H,10-13,29H2,(H,30,31,32). The van der Waals surface area contributed by atoms with E-state index in [1.54, 1.807) is 48.8 Å². The molecule has 182 valence electrons. The molecule has 4 bridgehead atoms. The van der Waals surface area contributed by atoms with E-state index >= 15 is 0 Å². The third-order valence-electron chi connectivity index (χ3n) is 7.98. The highest BCUT2D eigenvalue weighted by atomic mass is 35.5. The second-order valence-electron chi connectivity index (χ2n) is 10.2. The summed E-state index contributed by atoms with van der Waals surface area (Å²) < 4.78 is 28.4. The highest BCUT2D eigenvalue weighted by Crippen LogP contribution is 2.60. The summed E-state index contributed by atoms with van der Waals surface area (Å²) in [6, 6.07) is 15.8. The van der Waals surface area contributed by atoms with Gasteiger partial charge in [-0.2, -0.15) is 0 Å². The first-order valence-corrected chi connectivity index (χ1v) is 13.9. The van der Waals surface area contributed by atoms with Gasteiger partial charge in [0.2, 0.25) is 5.95 Å². The molecule has 9 heteroatoms. The number of hydrogen-bond donors (Lipinski definition) is 2. The molecule has 5 aliphatic carbocycles. The Bertz CT molecular complexity index is 1670. The molecule has 3 fully saturated rings. The lowest BCUT2D eigenvalue weighted by Gasteiger charge is -2.59. The van der Waals surface area contributed by atoms with Crippen molar-refractivity contribution in [2.45, 2.75) is 36.1 Å². The van der Waals surface area contributed by atoms with E-state index in [0.717, 1.165) is 30.3 Å². The van der Waals surface area contributed by atoms with E-state index in [9.17, 15) is 8.42 Å². The van der Waals surface area contributed by atoms with Gasteiger partial charge in [-0.3, -0.25) is 0 Å². The Labute approximate surface area is 214 Å². The maximum absolute atomic E-state index is 13.5. The van der Waals surface area contributed by atoms with Crippen molar-refractivity contribution in [2.24, 2.45) is 17.6 Å². The number of aromatic nitrogens is 3. The fourth-order valence-corrected chi connectivity index (χ4v) is 8.15. The summed E-state index contributed by atoms with van der Waals surface area (Å²) in [6.45, 7) is 0. The van der Waals surface area contributed by atoms with E-state index in [4.69, 9.17) is 22.3 Å². The van der Waals surface area contributed by atoms with Crippen LogP contribution in [-0.2, 0) is 10.0 Å². The molecule has 2 heterocycles. The minimum absolute atomic E-state index is 0.144. The van der Waals surface area contributed by atoms with E-state index in [0.29, 0.717) is 39.6 Å². The number of anilines is 1. The molecule has 0 spiro atoms. The van der Waals surface area contributed by atoms with Gasteiger partial charge in [0.05, 0.1) is 27.3 Å². The van der Waals surface area contributed by atoms with Crippen LogP contribution >= 0.6 is 11.6 Å². The molecule has 5 aliphatic rings. The van der Waals surface area contributed by atoms with Crippen LogP contribution in [0.1, 0.15) is 25.7 Å². The molecule has 2 unspecified atom stereocenters. The maximum atomic E-state index is 13.5. The Kier molecular flexibility index (Phi) is 4.60. The number of nitrogens with one attached hydrogen (secondary N) is 1. The van der Waals surface area contributed by atoms with E-state index in [1.807, 2.05) is 18.2 Å². The average Bonchev–Trinajstić information content (AvgIpc) is 3.25. The monoisotopic (exact) mass is 517 g/mol. The summed E-state index contributed by atoms with van der Waals surface area (Å²) in [4.78, 5) is 9.51. The van der Waals surface area contributed by atoms with Crippen LogP contribution in [0.4, 0.5) is 5.95 Å². The first kappa shape index (κ1) is 21.9. The van der Waals surface area contributed by atoms with Crippen LogP contribution in [0.25, 0.3) is 22.2 Å². The first-order chi connectivity index (χ1) is 17.3. The van der Waals surface area contributed by atoms with Crippen LogP contribution in [0.5, 0.6) is 0 Å². The number of nitrogens with two attached hydrogens (primary N) is 1. The van der Waals surface area contributed by atoms with Gasteiger partial charge in [0, 0.05) is 34.8 Å². The minimum atomic E-state index is -3.82. The third kappa shape index (κ3) is 3.14. The van der Waals surface area contributed by atoms with Gasteiger partial charge in [0.25, 0.3) is 10.0 Å². The molecule has 9 rings (SSSR count). The number of hydrogen-bond acceptors (Lipinski definition) is 6. The number of para-hydroxylation sites is 1. The van der Waals surface area contributed by atoms with Crippen LogP contribution in [-0.4, -0.2) is 27.9 Å². The minimum Gasteiger partial charge on any atom is -0.402 e. The summed E-state index contributed by atoms with van der Waals surface area (Å²) in [5.74, 6) is 1.62. The molecule has 0 aliphatic heterocycles. The van der Waals surface area contributed by atoms with Gasteiger partial charge in [0.15, 0.2) is 0 Å². The summed E-state index contributed by atoms with van der Waals surface area (Å²) in [5, 5.41) is 4.70. The van der Waals surface area contributed by atoms with Crippen molar-refractivity contribution in [1.82, 2.24) is 13.9 Å². The van der Waals surface area contributed by atoms with Crippen molar-refractivity contribution in [2.75, 3.05) is 5.32 Å². The molecule has 7 nitrogen and oxygen atoms in total. The van der Waals surface area contributed by atoms with Gasteiger partial charge in [-0.1, -0.05) is 48.0 Å². The molecular weight excluding hydrogens is 494 g/mol. The Balaban J connectivity index is 1.32. The summed E-state index contributed by atoms with van der Waals surface area (Å²) in [6.07, 6.45) is 7.28. The van der Waals surface area contributed by atoms with Crippen molar-refractivity contribution < 1.29 is 8.42 Å². The van der Waals surface area contributed by atoms with Crippen molar-refractivity contribution in [3.8, 4) is 11.3 Å². The zero-order valence-electron chi connectivity index (χ0n) is 19.4. The Hall–Kier alpha value is -3.36. The van der Waals surface area contributed by atoms with Gasteiger partial charge in [-0.25, -0.2) is 22.4 Å². The second-order valence-corrected chi connectivity index (χ2v) is 12.4. The molecule has 3 N–H and O–H groups in total. The fourth-order valence-electron chi connectivity index (χ4n) is 6.56. The Morgan fingerprint density at radius 3 is 2.53 bits per heavy atom. The van der Waals surface area contributed by atoms with Gasteiger partial charge in [-0.05, 0) is 54.9 Å². The predicted octanol–water partition coefficient (Wildman–Crippen LogP) is 5.19. The summed E-state index contributed by atoms with van der Waals surface area (Å²) >= 11 is 6.61. The van der Waals surface area contributed by atoms with Gasteiger partial charge >= 0.3 is 0 Å². The number of rotatable bonds is 5. The van der Waals surface area contributed by atoms with Crippen molar-refractivity contribution >= 4 is 38.5 Å². The molecule has 2 aromatic carbocycles. The number of halogens is 1. The largest absolute Gasteiger partial charge is 0.402 e. The average molecular weight is 518 g/mol. The smallest absolute Gasteiger partial charge is 0.268 e. The molecule has 36 heavy (non-hydrogen) atoms. The molecule has 3 saturated carbocycles. The van der Waals surface area contributed by atoms with Crippen molar-refractivity contribution in [1.29, 1.82) is 0 Å². The van der Waals surface area contributed by atoms with Crippen LogP contribution in [0.15, 0.2) is 83.2 Å². The van der Waals surface area contributed by atoms with E-state index in [2.05, 4.69) is 10.3 Å². The third-order valence-corrected chi connectivity index (χ3v) is 9.94. The van der Waals surface area contributed by atoms with E-state index in [-0.39, 0.29) is 10.4 Å². The van der Waals surface area contributed by atoms with Gasteiger partial charge in [0.1, 0.15) is 0 Å². The maximum Gasteiger partial charge on any atom is 0.268 e. The van der Waals surface area contributed by atoms with Gasteiger partial charge < -0.3 is 11.1 Å². The lowest BCUT2D eigenvalue weighted by Crippen LogP contribution is -2.57. The first-order valence-electron chi connectivity index (χ1n) is 12.0. The molecule has 0 saturated heterocycles. The van der Waals surface area contributed by atoms with Crippen LogP contribution < -0.4 is 11.1 Å². The number of allylic oxidation sites excluding steroid dienone is 1. The van der Waals surface area contributed by atoms with Crippen LogP contribution in [0, 0.1) is 11.8 Å². The van der Waals surface area contributed by atoms with Crippen LogP contribution in [0.2, 0.25) is 5.02 Å². The number of nitrogens with zero attached hydrogens (tertiary/aromatic N) is 3. The number of benzene rings is 2.